The zero-order valence-corrected chi connectivity index (χ0v) is 16.4. The van der Waals surface area contributed by atoms with E-state index in [4.69, 9.17) is 0 Å². The number of nitro groups is 1. The standard InChI is InChI=1S/C22H18N4O5/c1-14-5-7-15(8-6-14)20(27)23-18-4-2-3-17(13-18)22(29)25-24-21(28)16-9-11-19(12-10-16)26(30)31/h2-13H,1H3,(H,23,27)(H,24,28)(H,25,29). The van der Waals surface area contributed by atoms with Crippen LogP contribution in [0.25, 0.3) is 0 Å². The van der Waals surface area contributed by atoms with Crippen molar-refractivity contribution in [3.8, 4) is 0 Å². The molecule has 31 heavy (non-hydrogen) atoms. The van der Waals surface area contributed by atoms with E-state index in [2.05, 4.69) is 16.2 Å². The molecule has 3 aromatic rings. The summed E-state index contributed by atoms with van der Waals surface area (Å²) >= 11 is 0. The highest BCUT2D eigenvalue weighted by atomic mass is 16.6. The number of nitro benzene ring substituents is 1. The topological polar surface area (TPSA) is 130 Å². The molecule has 3 amide bonds. The number of nitrogens with one attached hydrogen (secondary N) is 3. The van der Waals surface area contributed by atoms with Crippen LogP contribution in [-0.2, 0) is 0 Å². The lowest BCUT2D eigenvalue weighted by atomic mass is 10.1. The van der Waals surface area contributed by atoms with E-state index in [0.29, 0.717) is 11.3 Å². The average Bonchev–Trinajstić information content (AvgIpc) is 2.77. The molecule has 0 fully saturated rings. The SMILES string of the molecule is Cc1ccc(C(=O)Nc2cccc(C(=O)NNC(=O)c3ccc([N+](=O)[O-])cc3)c2)cc1. The molecule has 0 heterocycles. The summed E-state index contributed by atoms with van der Waals surface area (Å²) in [6.45, 7) is 1.92. The van der Waals surface area contributed by atoms with Gasteiger partial charge in [-0.3, -0.25) is 35.3 Å². The van der Waals surface area contributed by atoms with E-state index < -0.39 is 16.7 Å². The Kier molecular flexibility index (Phi) is 6.36. The van der Waals surface area contributed by atoms with Crippen LogP contribution < -0.4 is 16.2 Å². The van der Waals surface area contributed by atoms with Gasteiger partial charge in [-0.25, -0.2) is 0 Å². The molecule has 0 spiro atoms. The number of carbonyl (C=O) groups excluding carboxylic acids is 3. The molecule has 0 aliphatic heterocycles. The minimum absolute atomic E-state index is 0.144. The molecule has 3 aromatic carbocycles. The van der Waals surface area contributed by atoms with Crippen LogP contribution in [0.1, 0.15) is 36.6 Å². The number of aryl methyl sites for hydroxylation is 1. The van der Waals surface area contributed by atoms with E-state index in [-0.39, 0.29) is 22.7 Å². The Morgan fingerprint density at radius 2 is 1.29 bits per heavy atom. The van der Waals surface area contributed by atoms with E-state index >= 15 is 0 Å². The fourth-order valence-corrected chi connectivity index (χ4v) is 2.64. The summed E-state index contributed by atoms with van der Waals surface area (Å²) in [7, 11) is 0. The Balaban J connectivity index is 1.60. The Morgan fingerprint density at radius 3 is 1.90 bits per heavy atom. The average molecular weight is 418 g/mol. The summed E-state index contributed by atoms with van der Waals surface area (Å²) in [6.07, 6.45) is 0. The van der Waals surface area contributed by atoms with Crippen LogP contribution in [0.2, 0.25) is 0 Å². The molecule has 0 bridgehead atoms. The van der Waals surface area contributed by atoms with Crippen LogP contribution in [0.15, 0.2) is 72.8 Å². The van der Waals surface area contributed by atoms with Crippen molar-refractivity contribution in [2.45, 2.75) is 6.92 Å². The highest BCUT2D eigenvalue weighted by Crippen LogP contribution is 2.14. The van der Waals surface area contributed by atoms with Gasteiger partial charge in [0.2, 0.25) is 0 Å². The number of nitrogens with zero attached hydrogens (tertiary/aromatic N) is 1. The maximum absolute atomic E-state index is 12.3. The minimum Gasteiger partial charge on any atom is -0.322 e. The summed E-state index contributed by atoms with van der Waals surface area (Å²) in [5.41, 5.74) is 6.65. The Morgan fingerprint density at radius 1 is 0.742 bits per heavy atom. The van der Waals surface area contributed by atoms with Crippen molar-refractivity contribution in [3.05, 3.63) is 105 Å². The van der Waals surface area contributed by atoms with Gasteiger partial charge in [-0.15, -0.1) is 0 Å². The van der Waals surface area contributed by atoms with Crippen molar-refractivity contribution in [2.24, 2.45) is 0 Å². The van der Waals surface area contributed by atoms with Crippen LogP contribution in [0, 0.1) is 17.0 Å². The monoisotopic (exact) mass is 418 g/mol. The van der Waals surface area contributed by atoms with Gasteiger partial charge >= 0.3 is 0 Å². The highest BCUT2D eigenvalue weighted by Gasteiger charge is 2.12. The lowest BCUT2D eigenvalue weighted by Gasteiger charge is -2.10. The number of rotatable bonds is 5. The molecule has 156 valence electrons. The summed E-state index contributed by atoms with van der Waals surface area (Å²) in [5.74, 6) is -1.54. The van der Waals surface area contributed by atoms with Gasteiger partial charge in [0, 0.05) is 34.5 Å². The molecule has 0 saturated carbocycles. The Hall–Kier alpha value is -4.53. The molecule has 9 nitrogen and oxygen atoms in total. The van der Waals surface area contributed by atoms with Crippen molar-refractivity contribution < 1.29 is 19.3 Å². The predicted molar refractivity (Wildman–Crippen MR) is 114 cm³/mol. The summed E-state index contributed by atoms with van der Waals surface area (Å²) in [6, 6.07) is 18.2. The van der Waals surface area contributed by atoms with Gasteiger partial charge in [0.15, 0.2) is 0 Å². The third-order valence-electron chi connectivity index (χ3n) is 4.33. The summed E-state index contributed by atoms with van der Waals surface area (Å²) < 4.78 is 0. The third kappa shape index (κ3) is 5.51. The van der Waals surface area contributed by atoms with Gasteiger partial charge in [0.05, 0.1) is 4.92 Å². The molecule has 9 heteroatoms. The van der Waals surface area contributed by atoms with Crippen molar-refractivity contribution in [2.75, 3.05) is 5.32 Å². The zero-order chi connectivity index (χ0) is 22.4. The van der Waals surface area contributed by atoms with Gasteiger partial charge < -0.3 is 5.32 Å². The molecule has 0 aliphatic rings. The molecule has 3 N–H and O–H groups in total. The second kappa shape index (κ2) is 9.31. The Bertz CT molecular complexity index is 1140. The van der Waals surface area contributed by atoms with Gasteiger partial charge in [0.1, 0.15) is 0 Å². The number of hydrogen-bond acceptors (Lipinski definition) is 5. The minimum atomic E-state index is -0.632. The summed E-state index contributed by atoms with van der Waals surface area (Å²) in [4.78, 5) is 46.9. The van der Waals surface area contributed by atoms with Crippen molar-refractivity contribution in [1.29, 1.82) is 0 Å². The molecule has 0 atom stereocenters. The van der Waals surface area contributed by atoms with Crippen LogP contribution in [-0.4, -0.2) is 22.6 Å². The van der Waals surface area contributed by atoms with Crippen LogP contribution in [0.3, 0.4) is 0 Å². The van der Waals surface area contributed by atoms with Gasteiger partial charge in [-0.1, -0.05) is 23.8 Å². The number of carbonyl (C=O) groups is 3. The van der Waals surface area contributed by atoms with E-state index in [0.717, 1.165) is 5.56 Å². The van der Waals surface area contributed by atoms with Crippen molar-refractivity contribution in [1.82, 2.24) is 10.9 Å². The van der Waals surface area contributed by atoms with Crippen molar-refractivity contribution in [3.63, 3.8) is 0 Å². The maximum atomic E-state index is 12.3. The molecule has 0 aliphatic carbocycles. The molecule has 0 radical (unpaired) electrons. The molecule has 3 rings (SSSR count). The number of non-ortho nitro benzene ring substituents is 1. The molecule has 0 saturated heterocycles. The molecular formula is C22H18N4O5. The molecule has 0 unspecified atom stereocenters. The van der Waals surface area contributed by atoms with Gasteiger partial charge in [0.25, 0.3) is 23.4 Å². The van der Waals surface area contributed by atoms with Crippen LogP contribution in [0.4, 0.5) is 11.4 Å². The van der Waals surface area contributed by atoms with Gasteiger partial charge in [-0.2, -0.15) is 0 Å². The first-order chi connectivity index (χ1) is 14.8. The molecular weight excluding hydrogens is 400 g/mol. The second-order valence-electron chi connectivity index (χ2n) is 6.61. The first kappa shape index (κ1) is 21.2. The number of amides is 3. The van der Waals surface area contributed by atoms with E-state index in [1.54, 1.807) is 24.3 Å². The maximum Gasteiger partial charge on any atom is 0.269 e. The van der Waals surface area contributed by atoms with Crippen LogP contribution >= 0.6 is 0 Å². The zero-order valence-electron chi connectivity index (χ0n) is 16.4. The van der Waals surface area contributed by atoms with E-state index in [1.165, 1.54) is 36.4 Å². The fourth-order valence-electron chi connectivity index (χ4n) is 2.64. The summed E-state index contributed by atoms with van der Waals surface area (Å²) in [5, 5.41) is 13.4. The first-order valence-electron chi connectivity index (χ1n) is 9.17. The third-order valence-corrected chi connectivity index (χ3v) is 4.33. The second-order valence-corrected chi connectivity index (χ2v) is 6.61. The molecule has 0 aromatic heterocycles. The normalized spacial score (nSPS) is 10.1. The van der Waals surface area contributed by atoms with E-state index in [1.807, 2.05) is 19.1 Å². The number of hydrogen-bond donors (Lipinski definition) is 3. The lowest BCUT2D eigenvalue weighted by molar-refractivity contribution is -0.384. The lowest BCUT2D eigenvalue weighted by Crippen LogP contribution is -2.41. The first-order valence-corrected chi connectivity index (χ1v) is 9.17. The van der Waals surface area contributed by atoms with Crippen LogP contribution in [0.5, 0.6) is 0 Å². The predicted octanol–water partition coefficient (Wildman–Crippen LogP) is 3.23. The van der Waals surface area contributed by atoms with Gasteiger partial charge in [-0.05, 0) is 49.4 Å². The number of anilines is 1. The quantitative estimate of drug-likeness (QED) is 0.433. The number of benzene rings is 3. The smallest absolute Gasteiger partial charge is 0.269 e. The fraction of sp³-hybridized carbons (Fsp3) is 0.0455. The van der Waals surface area contributed by atoms with Crippen molar-refractivity contribution >= 4 is 29.1 Å². The largest absolute Gasteiger partial charge is 0.322 e. The number of hydrazine groups is 1. The highest BCUT2D eigenvalue weighted by molar-refractivity contribution is 6.05. The Labute approximate surface area is 177 Å². The van der Waals surface area contributed by atoms with E-state index in [9.17, 15) is 24.5 Å².